The van der Waals surface area contributed by atoms with E-state index in [0.717, 1.165) is 0 Å². The van der Waals surface area contributed by atoms with Gasteiger partial charge in [-0.25, -0.2) is 0 Å². The Balaban J connectivity index is 2.98. The highest BCUT2D eigenvalue weighted by Crippen LogP contribution is 2.24. The molecule has 0 aliphatic rings. The third-order valence-corrected chi connectivity index (χ3v) is 3.29. The molecule has 1 amide bonds. The number of carboxylic acids is 1. The highest BCUT2D eigenvalue weighted by atomic mass is 79.9. The molecule has 6 heteroatoms. The van der Waals surface area contributed by atoms with Crippen LogP contribution in [-0.2, 0) is 4.79 Å². The second kappa shape index (κ2) is 6.56. The first-order chi connectivity index (χ1) is 8.86. The zero-order chi connectivity index (χ0) is 14.6. The van der Waals surface area contributed by atoms with Gasteiger partial charge < -0.3 is 15.1 Å². The first-order valence-electron chi connectivity index (χ1n) is 5.88. The van der Waals surface area contributed by atoms with Crippen LogP contribution in [0.1, 0.15) is 30.6 Å². The number of aliphatic carboxylic acids is 1. The monoisotopic (exact) mass is 329 g/mol. The van der Waals surface area contributed by atoms with Gasteiger partial charge in [0.25, 0.3) is 5.91 Å². The molecule has 104 valence electrons. The summed E-state index contributed by atoms with van der Waals surface area (Å²) < 4.78 is 0.670. The Hall–Kier alpha value is -1.56. The van der Waals surface area contributed by atoms with Gasteiger partial charge in [0, 0.05) is 17.1 Å². The van der Waals surface area contributed by atoms with Crippen molar-refractivity contribution in [2.75, 3.05) is 6.54 Å². The number of aromatic hydroxyl groups is 1. The van der Waals surface area contributed by atoms with Gasteiger partial charge in [-0.2, -0.15) is 0 Å². The van der Waals surface area contributed by atoms with E-state index in [0.29, 0.717) is 11.0 Å². The molecule has 19 heavy (non-hydrogen) atoms. The van der Waals surface area contributed by atoms with Gasteiger partial charge in [0.2, 0.25) is 0 Å². The summed E-state index contributed by atoms with van der Waals surface area (Å²) in [4.78, 5) is 24.4. The standard InChI is InChI=1S/C13H16BrNO4/c1-3-15(8(2)6-12(17)18)13(19)10-5-4-9(14)7-11(10)16/h4-5,7-8,16H,3,6H2,1-2H3,(H,17,18). The molecule has 0 saturated carbocycles. The van der Waals surface area contributed by atoms with Crippen molar-refractivity contribution < 1.29 is 19.8 Å². The zero-order valence-electron chi connectivity index (χ0n) is 10.8. The van der Waals surface area contributed by atoms with E-state index in [2.05, 4.69) is 15.9 Å². The van der Waals surface area contributed by atoms with Crippen LogP contribution in [-0.4, -0.2) is 39.6 Å². The molecule has 0 heterocycles. The molecule has 0 radical (unpaired) electrons. The van der Waals surface area contributed by atoms with Gasteiger partial charge in [-0.3, -0.25) is 9.59 Å². The number of carbonyl (C=O) groups is 2. The van der Waals surface area contributed by atoms with Crippen molar-refractivity contribution >= 4 is 27.8 Å². The predicted molar refractivity (Wildman–Crippen MR) is 74.2 cm³/mol. The van der Waals surface area contributed by atoms with Crippen molar-refractivity contribution in [1.82, 2.24) is 4.90 Å². The fourth-order valence-corrected chi connectivity index (χ4v) is 2.21. The Labute approximate surface area is 120 Å². The molecule has 1 rings (SSSR count). The average molecular weight is 330 g/mol. The number of carbonyl (C=O) groups excluding carboxylic acids is 1. The number of rotatable bonds is 5. The van der Waals surface area contributed by atoms with E-state index in [1.165, 1.54) is 17.0 Å². The summed E-state index contributed by atoms with van der Waals surface area (Å²) in [5.41, 5.74) is 0.169. The Morgan fingerprint density at radius 2 is 2.05 bits per heavy atom. The van der Waals surface area contributed by atoms with E-state index in [1.807, 2.05) is 0 Å². The van der Waals surface area contributed by atoms with Crippen LogP contribution < -0.4 is 0 Å². The van der Waals surface area contributed by atoms with E-state index >= 15 is 0 Å². The van der Waals surface area contributed by atoms with Gasteiger partial charge in [0.1, 0.15) is 5.75 Å². The van der Waals surface area contributed by atoms with Crippen molar-refractivity contribution in [2.45, 2.75) is 26.3 Å². The predicted octanol–water partition coefficient (Wildman–Crippen LogP) is 2.48. The van der Waals surface area contributed by atoms with Crippen LogP contribution in [0, 0.1) is 0 Å². The Kier molecular flexibility index (Phi) is 5.35. The summed E-state index contributed by atoms with van der Waals surface area (Å²) in [5, 5.41) is 18.6. The molecule has 2 N–H and O–H groups in total. The lowest BCUT2D eigenvalue weighted by Gasteiger charge is -2.27. The maximum atomic E-state index is 12.3. The minimum absolute atomic E-state index is 0.125. The van der Waals surface area contributed by atoms with Crippen LogP contribution in [0.3, 0.4) is 0 Å². The molecule has 0 spiro atoms. The number of amides is 1. The largest absolute Gasteiger partial charge is 0.507 e. The molecule has 1 unspecified atom stereocenters. The van der Waals surface area contributed by atoms with Crippen molar-refractivity contribution in [3.63, 3.8) is 0 Å². The summed E-state index contributed by atoms with van der Waals surface area (Å²) in [6, 6.07) is 4.17. The average Bonchev–Trinajstić information content (AvgIpc) is 2.28. The molecule has 0 aliphatic heterocycles. The summed E-state index contributed by atoms with van der Waals surface area (Å²) in [7, 11) is 0. The minimum Gasteiger partial charge on any atom is -0.507 e. The van der Waals surface area contributed by atoms with Crippen molar-refractivity contribution in [3.8, 4) is 5.75 Å². The molecule has 0 aliphatic carbocycles. The Morgan fingerprint density at radius 3 is 2.53 bits per heavy atom. The number of hydrogen-bond donors (Lipinski definition) is 2. The number of carboxylic acid groups (broad SMARTS) is 1. The maximum Gasteiger partial charge on any atom is 0.305 e. The fraction of sp³-hybridized carbons (Fsp3) is 0.385. The maximum absolute atomic E-state index is 12.3. The van der Waals surface area contributed by atoms with E-state index < -0.39 is 12.0 Å². The van der Waals surface area contributed by atoms with E-state index in [4.69, 9.17) is 5.11 Å². The van der Waals surface area contributed by atoms with Crippen LogP contribution in [0.25, 0.3) is 0 Å². The number of benzene rings is 1. The molecule has 1 aromatic carbocycles. The lowest BCUT2D eigenvalue weighted by molar-refractivity contribution is -0.138. The first kappa shape index (κ1) is 15.5. The first-order valence-corrected chi connectivity index (χ1v) is 6.67. The Bertz CT molecular complexity index is 490. The molecular formula is C13H16BrNO4. The van der Waals surface area contributed by atoms with Gasteiger partial charge in [-0.15, -0.1) is 0 Å². The van der Waals surface area contributed by atoms with Crippen molar-refractivity contribution in [3.05, 3.63) is 28.2 Å². The Morgan fingerprint density at radius 1 is 1.42 bits per heavy atom. The molecular weight excluding hydrogens is 314 g/mol. The lowest BCUT2D eigenvalue weighted by Crippen LogP contribution is -2.39. The topological polar surface area (TPSA) is 77.8 Å². The van der Waals surface area contributed by atoms with Gasteiger partial charge in [-0.1, -0.05) is 15.9 Å². The summed E-state index contributed by atoms with van der Waals surface area (Å²) in [5.74, 6) is -1.46. The normalized spacial score (nSPS) is 11.9. The minimum atomic E-state index is -0.959. The number of nitrogens with zero attached hydrogens (tertiary/aromatic N) is 1. The molecule has 0 saturated heterocycles. The highest BCUT2D eigenvalue weighted by Gasteiger charge is 2.23. The van der Waals surface area contributed by atoms with E-state index in [-0.39, 0.29) is 23.6 Å². The van der Waals surface area contributed by atoms with Gasteiger partial charge in [0.15, 0.2) is 0 Å². The van der Waals surface area contributed by atoms with Crippen molar-refractivity contribution in [2.24, 2.45) is 0 Å². The van der Waals surface area contributed by atoms with Crippen molar-refractivity contribution in [1.29, 1.82) is 0 Å². The highest BCUT2D eigenvalue weighted by molar-refractivity contribution is 9.10. The molecule has 1 atom stereocenters. The van der Waals surface area contributed by atoms with Crippen LogP contribution in [0.15, 0.2) is 22.7 Å². The number of halogens is 1. The number of phenolic OH excluding ortho intramolecular Hbond substituents is 1. The molecule has 0 fully saturated rings. The summed E-state index contributed by atoms with van der Waals surface area (Å²) in [6.45, 7) is 3.82. The molecule has 0 aromatic heterocycles. The number of hydrogen-bond acceptors (Lipinski definition) is 3. The molecule has 0 bridgehead atoms. The number of phenols is 1. The fourth-order valence-electron chi connectivity index (χ4n) is 1.86. The molecule has 5 nitrogen and oxygen atoms in total. The zero-order valence-corrected chi connectivity index (χ0v) is 12.3. The van der Waals surface area contributed by atoms with E-state index in [9.17, 15) is 14.7 Å². The van der Waals surface area contributed by atoms with Crippen LogP contribution in [0.5, 0.6) is 5.75 Å². The third-order valence-electron chi connectivity index (χ3n) is 2.79. The van der Waals surface area contributed by atoms with Gasteiger partial charge >= 0.3 is 5.97 Å². The third kappa shape index (κ3) is 3.96. The van der Waals surface area contributed by atoms with E-state index in [1.54, 1.807) is 19.9 Å². The quantitative estimate of drug-likeness (QED) is 0.869. The van der Waals surface area contributed by atoms with Gasteiger partial charge in [0.05, 0.1) is 12.0 Å². The summed E-state index contributed by atoms with van der Waals surface area (Å²) in [6.07, 6.45) is -0.128. The molecule has 1 aromatic rings. The SMILES string of the molecule is CCN(C(=O)c1ccc(Br)cc1O)C(C)CC(=O)O. The second-order valence-corrected chi connectivity index (χ2v) is 5.12. The second-order valence-electron chi connectivity index (χ2n) is 4.20. The van der Waals surface area contributed by atoms with Gasteiger partial charge in [-0.05, 0) is 32.0 Å². The summed E-state index contributed by atoms with van der Waals surface area (Å²) >= 11 is 3.20. The lowest BCUT2D eigenvalue weighted by atomic mass is 10.1. The smallest absolute Gasteiger partial charge is 0.305 e. The van der Waals surface area contributed by atoms with Crippen LogP contribution in [0.2, 0.25) is 0 Å². The van der Waals surface area contributed by atoms with Crippen LogP contribution in [0.4, 0.5) is 0 Å². The van der Waals surface area contributed by atoms with Crippen LogP contribution >= 0.6 is 15.9 Å².